The third-order valence-corrected chi connectivity index (χ3v) is 6.75. The molecule has 6 nitrogen and oxygen atoms in total. The number of halogens is 2. The molecule has 1 heterocycles. The second-order valence-electron chi connectivity index (χ2n) is 8.65. The first-order chi connectivity index (χ1) is 15.9. The molecule has 8 heteroatoms. The molecule has 0 radical (unpaired) electrons. The summed E-state index contributed by atoms with van der Waals surface area (Å²) in [6.07, 6.45) is 5.23. The topological polar surface area (TPSA) is 69.7 Å². The molecule has 3 amide bonds. The molecule has 2 aromatic carbocycles. The van der Waals surface area contributed by atoms with E-state index in [1.165, 1.54) is 6.42 Å². The summed E-state index contributed by atoms with van der Waals surface area (Å²) >= 11 is 12.0. The van der Waals surface area contributed by atoms with Gasteiger partial charge in [0.2, 0.25) is 5.91 Å². The Kier molecular flexibility index (Phi) is 7.56. The van der Waals surface area contributed by atoms with Crippen LogP contribution in [0.15, 0.2) is 42.5 Å². The molecular weight excluding hydrogens is 461 g/mol. The third-order valence-electron chi connectivity index (χ3n) is 6.32. The molecule has 1 aliphatic heterocycles. The van der Waals surface area contributed by atoms with Gasteiger partial charge in [-0.15, -0.1) is 0 Å². The van der Waals surface area contributed by atoms with Gasteiger partial charge >= 0.3 is 0 Å². The van der Waals surface area contributed by atoms with Crippen LogP contribution in [-0.4, -0.2) is 53.7 Å². The summed E-state index contributed by atoms with van der Waals surface area (Å²) < 4.78 is 0. The van der Waals surface area contributed by atoms with E-state index in [0.717, 1.165) is 25.7 Å². The predicted molar refractivity (Wildman–Crippen MR) is 130 cm³/mol. The lowest BCUT2D eigenvalue weighted by molar-refractivity contribution is -0.120. The third kappa shape index (κ3) is 5.87. The Morgan fingerprint density at radius 3 is 1.94 bits per heavy atom. The number of nitrogens with one attached hydrogen (secondary N) is 1. The molecule has 174 valence electrons. The average molecular weight is 488 g/mol. The van der Waals surface area contributed by atoms with Crippen LogP contribution in [0.3, 0.4) is 0 Å². The number of anilines is 1. The number of hydrogen-bond donors (Lipinski definition) is 1. The fourth-order valence-corrected chi connectivity index (χ4v) is 5.02. The molecule has 0 spiro atoms. The van der Waals surface area contributed by atoms with Crippen molar-refractivity contribution in [2.24, 2.45) is 5.92 Å². The Labute approximate surface area is 203 Å². The van der Waals surface area contributed by atoms with Crippen LogP contribution in [0, 0.1) is 5.92 Å². The van der Waals surface area contributed by atoms with E-state index < -0.39 is 0 Å². The van der Waals surface area contributed by atoms with Gasteiger partial charge in [-0.3, -0.25) is 14.4 Å². The van der Waals surface area contributed by atoms with Crippen LogP contribution in [0.2, 0.25) is 10.0 Å². The number of piperazine rings is 1. The maximum Gasteiger partial charge on any atom is 0.254 e. The van der Waals surface area contributed by atoms with Crippen molar-refractivity contribution in [2.45, 2.75) is 32.1 Å². The zero-order chi connectivity index (χ0) is 23.4. The fourth-order valence-electron chi connectivity index (χ4n) is 4.49. The first-order valence-corrected chi connectivity index (χ1v) is 12.1. The number of carbonyl (C=O) groups excluding carboxylic acids is 3. The smallest absolute Gasteiger partial charge is 0.254 e. The Balaban J connectivity index is 1.35. The van der Waals surface area contributed by atoms with Gasteiger partial charge in [0.25, 0.3) is 11.8 Å². The standard InChI is InChI=1S/C25H27Cl2N3O3/c26-20-13-19(14-21(27)16-20)25(33)30-11-9-29(10-12-30)24(32)18-7-4-8-22(15-18)28-23(31)17-5-2-1-3-6-17/h4,7-8,13-17H,1-3,5-6,9-12H2,(H,28,31). The summed E-state index contributed by atoms with van der Waals surface area (Å²) in [5, 5.41) is 3.80. The normalized spacial score (nSPS) is 17.0. The first-order valence-electron chi connectivity index (χ1n) is 11.4. The predicted octanol–water partition coefficient (Wildman–Crippen LogP) is 5.11. The highest BCUT2D eigenvalue weighted by Gasteiger charge is 2.26. The van der Waals surface area contributed by atoms with Crippen molar-refractivity contribution < 1.29 is 14.4 Å². The van der Waals surface area contributed by atoms with E-state index in [1.807, 2.05) is 6.07 Å². The first kappa shape index (κ1) is 23.6. The number of carbonyl (C=O) groups is 3. The number of rotatable bonds is 4. The van der Waals surface area contributed by atoms with Gasteiger partial charge in [-0.1, -0.05) is 48.5 Å². The minimum Gasteiger partial charge on any atom is -0.335 e. The average Bonchev–Trinajstić information content (AvgIpc) is 2.83. The Bertz CT molecular complexity index is 1020. The maximum atomic E-state index is 13.1. The zero-order valence-electron chi connectivity index (χ0n) is 18.4. The monoisotopic (exact) mass is 487 g/mol. The van der Waals surface area contributed by atoms with Gasteiger partial charge in [0.05, 0.1) is 0 Å². The van der Waals surface area contributed by atoms with E-state index >= 15 is 0 Å². The Morgan fingerprint density at radius 1 is 0.758 bits per heavy atom. The van der Waals surface area contributed by atoms with Crippen molar-refractivity contribution >= 4 is 46.6 Å². The zero-order valence-corrected chi connectivity index (χ0v) is 19.9. The highest BCUT2D eigenvalue weighted by atomic mass is 35.5. The van der Waals surface area contributed by atoms with Gasteiger partial charge in [-0.05, 0) is 49.2 Å². The molecule has 2 aromatic rings. The number of benzene rings is 2. The van der Waals surface area contributed by atoms with E-state index in [4.69, 9.17) is 23.2 Å². The van der Waals surface area contributed by atoms with E-state index in [9.17, 15) is 14.4 Å². The van der Waals surface area contributed by atoms with E-state index in [0.29, 0.717) is 53.0 Å². The molecule has 33 heavy (non-hydrogen) atoms. The highest BCUT2D eigenvalue weighted by Crippen LogP contribution is 2.25. The second-order valence-corrected chi connectivity index (χ2v) is 9.52. The van der Waals surface area contributed by atoms with Crippen LogP contribution in [0.25, 0.3) is 0 Å². The van der Waals surface area contributed by atoms with Crippen LogP contribution < -0.4 is 5.32 Å². The van der Waals surface area contributed by atoms with Crippen molar-refractivity contribution in [3.05, 3.63) is 63.6 Å². The van der Waals surface area contributed by atoms with E-state index in [1.54, 1.807) is 46.2 Å². The number of amides is 3. The van der Waals surface area contributed by atoms with Crippen molar-refractivity contribution in [3.8, 4) is 0 Å². The molecule has 0 bridgehead atoms. The SMILES string of the molecule is O=C(Nc1cccc(C(=O)N2CCN(C(=O)c3cc(Cl)cc(Cl)c3)CC2)c1)C1CCCCC1. The number of hydrogen-bond acceptors (Lipinski definition) is 3. The van der Waals surface area contributed by atoms with Crippen molar-refractivity contribution in [1.82, 2.24) is 9.80 Å². The summed E-state index contributed by atoms with van der Waals surface area (Å²) in [5.74, 6) is -0.175. The Morgan fingerprint density at radius 2 is 1.33 bits per heavy atom. The van der Waals surface area contributed by atoms with Crippen LogP contribution in [0.4, 0.5) is 5.69 Å². The van der Waals surface area contributed by atoms with Gasteiger partial charge < -0.3 is 15.1 Å². The molecule has 0 aromatic heterocycles. The summed E-state index contributed by atoms with van der Waals surface area (Å²) in [5.41, 5.74) is 1.61. The van der Waals surface area contributed by atoms with Gasteiger partial charge in [-0.2, -0.15) is 0 Å². The van der Waals surface area contributed by atoms with Crippen LogP contribution in [0.5, 0.6) is 0 Å². The minimum atomic E-state index is -0.154. The van der Waals surface area contributed by atoms with E-state index in [-0.39, 0.29) is 23.6 Å². The molecule has 2 fully saturated rings. The van der Waals surface area contributed by atoms with Crippen molar-refractivity contribution in [1.29, 1.82) is 0 Å². The Hall–Kier alpha value is -2.57. The maximum absolute atomic E-state index is 13.1. The molecule has 1 aliphatic carbocycles. The van der Waals surface area contributed by atoms with Crippen LogP contribution >= 0.6 is 23.2 Å². The summed E-state index contributed by atoms with van der Waals surface area (Å²) in [4.78, 5) is 41.8. The molecule has 0 unspecified atom stereocenters. The van der Waals surface area contributed by atoms with Crippen LogP contribution in [0.1, 0.15) is 52.8 Å². The van der Waals surface area contributed by atoms with Crippen LogP contribution in [-0.2, 0) is 4.79 Å². The summed E-state index contributed by atoms with van der Waals surface area (Å²) in [6, 6.07) is 11.9. The fraction of sp³-hybridized carbons (Fsp3) is 0.400. The molecular formula is C25H27Cl2N3O3. The molecule has 1 saturated heterocycles. The second kappa shape index (κ2) is 10.6. The molecule has 4 rings (SSSR count). The molecule has 1 saturated carbocycles. The van der Waals surface area contributed by atoms with E-state index in [2.05, 4.69) is 5.32 Å². The van der Waals surface area contributed by atoms with Crippen molar-refractivity contribution in [3.63, 3.8) is 0 Å². The van der Waals surface area contributed by atoms with Crippen molar-refractivity contribution in [2.75, 3.05) is 31.5 Å². The summed E-state index contributed by atoms with van der Waals surface area (Å²) in [7, 11) is 0. The quantitative estimate of drug-likeness (QED) is 0.651. The van der Waals surface area contributed by atoms with Gasteiger partial charge in [0.1, 0.15) is 0 Å². The molecule has 0 atom stereocenters. The summed E-state index contributed by atoms with van der Waals surface area (Å²) in [6.45, 7) is 1.70. The number of nitrogens with zero attached hydrogens (tertiary/aromatic N) is 2. The largest absolute Gasteiger partial charge is 0.335 e. The van der Waals surface area contributed by atoms with Gasteiger partial charge in [0.15, 0.2) is 0 Å². The molecule has 2 aliphatic rings. The highest BCUT2D eigenvalue weighted by molar-refractivity contribution is 6.35. The lowest BCUT2D eigenvalue weighted by Gasteiger charge is -2.35. The lowest BCUT2D eigenvalue weighted by atomic mass is 9.88. The van der Waals surface area contributed by atoms with Gasteiger partial charge in [0, 0.05) is 59.0 Å². The molecule has 1 N–H and O–H groups in total. The van der Waals surface area contributed by atoms with Gasteiger partial charge in [-0.25, -0.2) is 0 Å². The minimum absolute atomic E-state index is 0.0348. The lowest BCUT2D eigenvalue weighted by Crippen LogP contribution is -2.50.